The van der Waals surface area contributed by atoms with Gasteiger partial charge in [0.25, 0.3) is 0 Å². The van der Waals surface area contributed by atoms with Crippen LogP contribution in [0.3, 0.4) is 0 Å². The fourth-order valence-electron chi connectivity index (χ4n) is 1.27. The second-order valence-corrected chi connectivity index (χ2v) is 4.51. The minimum Gasteiger partial charge on any atom is -0.476 e. The van der Waals surface area contributed by atoms with E-state index in [-0.39, 0.29) is 20.6 Å². The SMILES string of the molecule is O=C(O)c1nc(Cl)sc1-c1ccccc1F. The molecular formula is C10H5ClFNO2S. The van der Waals surface area contributed by atoms with E-state index in [4.69, 9.17) is 16.7 Å². The van der Waals surface area contributed by atoms with Gasteiger partial charge in [0, 0.05) is 5.56 Å². The van der Waals surface area contributed by atoms with E-state index in [1.807, 2.05) is 0 Å². The maximum absolute atomic E-state index is 13.5. The minimum absolute atomic E-state index is 0.0793. The third kappa shape index (κ3) is 1.91. The molecule has 0 aliphatic rings. The molecule has 2 rings (SSSR count). The fraction of sp³-hybridized carbons (Fsp3) is 0. The van der Waals surface area contributed by atoms with Gasteiger partial charge in [-0.25, -0.2) is 14.2 Å². The van der Waals surface area contributed by atoms with Crippen molar-refractivity contribution in [2.75, 3.05) is 0 Å². The molecule has 1 aromatic heterocycles. The molecule has 0 spiro atoms. The molecule has 6 heteroatoms. The molecule has 82 valence electrons. The summed E-state index contributed by atoms with van der Waals surface area (Å²) in [5.74, 6) is -1.72. The van der Waals surface area contributed by atoms with E-state index >= 15 is 0 Å². The van der Waals surface area contributed by atoms with Gasteiger partial charge in [-0.05, 0) is 6.07 Å². The summed E-state index contributed by atoms with van der Waals surface area (Å²) in [5, 5.41) is 8.89. The molecule has 0 aliphatic heterocycles. The average Bonchev–Trinajstić information content (AvgIpc) is 2.61. The van der Waals surface area contributed by atoms with E-state index < -0.39 is 11.8 Å². The van der Waals surface area contributed by atoms with E-state index in [9.17, 15) is 9.18 Å². The first-order valence-corrected chi connectivity index (χ1v) is 5.43. The number of rotatable bonds is 2. The Morgan fingerprint density at radius 2 is 2.12 bits per heavy atom. The number of carboxylic acid groups (broad SMARTS) is 1. The Morgan fingerprint density at radius 3 is 2.75 bits per heavy atom. The Labute approximate surface area is 99.1 Å². The van der Waals surface area contributed by atoms with Crippen LogP contribution in [-0.2, 0) is 0 Å². The fourth-order valence-corrected chi connectivity index (χ4v) is 2.39. The number of carboxylic acids is 1. The van der Waals surface area contributed by atoms with Crippen LogP contribution in [-0.4, -0.2) is 16.1 Å². The lowest BCUT2D eigenvalue weighted by Crippen LogP contribution is -1.99. The van der Waals surface area contributed by atoms with Crippen molar-refractivity contribution in [2.24, 2.45) is 0 Å². The van der Waals surface area contributed by atoms with Gasteiger partial charge in [-0.2, -0.15) is 0 Å². The Balaban J connectivity index is 2.64. The maximum Gasteiger partial charge on any atom is 0.356 e. The molecule has 2 aromatic rings. The normalized spacial score (nSPS) is 10.4. The van der Waals surface area contributed by atoms with Gasteiger partial charge in [-0.3, -0.25) is 0 Å². The molecule has 0 saturated carbocycles. The number of benzene rings is 1. The standard InChI is InChI=1S/C10H5ClFNO2S/c11-10-13-7(9(14)15)8(16-10)5-3-1-2-4-6(5)12/h1-4H,(H,14,15). The monoisotopic (exact) mass is 257 g/mol. The summed E-state index contributed by atoms with van der Waals surface area (Å²) in [6.45, 7) is 0. The Morgan fingerprint density at radius 1 is 1.44 bits per heavy atom. The summed E-state index contributed by atoms with van der Waals surface area (Å²) >= 11 is 6.58. The molecule has 0 unspecified atom stereocenters. The van der Waals surface area contributed by atoms with Gasteiger partial charge in [-0.1, -0.05) is 29.8 Å². The lowest BCUT2D eigenvalue weighted by atomic mass is 10.1. The van der Waals surface area contributed by atoms with Gasteiger partial charge in [0.15, 0.2) is 10.2 Å². The van der Waals surface area contributed by atoms with Gasteiger partial charge in [0.1, 0.15) is 5.82 Å². The molecule has 1 aromatic carbocycles. The van der Waals surface area contributed by atoms with Crippen LogP contribution in [0.2, 0.25) is 4.47 Å². The third-order valence-corrected chi connectivity index (χ3v) is 3.12. The number of nitrogens with zero attached hydrogens (tertiary/aromatic N) is 1. The van der Waals surface area contributed by atoms with Crippen molar-refractivity contribution in [3.8, 4) is 10.4 Å². The summed E-state index contributed by atoms with van der Waals surface area (Å²) < 4.78 is 13.6. The van der Waals surface area contributed by atoms with Gasteiger partial charge in [0.05, 0.1) is 4.88 Å². The zero-order chi connectivity index (χ0) is 11.7. The van der Waals surface area contributed by atoms with Gasteiger partial charge in [0.2, 0.25) is 0 Å². The van der Waals surface area contributed by atoms with Crippen molar-refractivity contribution in [1.29, 1.82) is 0 Å². The highest BCUT2D eigenvalue weighted by molar-refractivity contribution is 7.19. The average molecular weight is 258 g/mol. The first kappa shape index (κ1) is 11.0. The molecule has 1 heterocycles. The van der Waals surface area contributed by atoms with Crippen LogP contribution in [0.5, 0.6) is 0 Å². The van der Waals surface area contributed by atoms with Crippen molar-refractivity contribution >= 4 is 28.9 Å². The number of thiazole rings is 1. The molecule has 3 nitrogen and oxygen atoms in total. The van der Waals surface area contributed by atoms with Gasteiger partial charge < -0.3 is 5.11 Å². The van der Waals surface area contributed by atoms with Crippen LogP contribution in [0.4, 0.5) is 4.39 Å². The lowest BCUT2D eigenvalue weighted by Gasteiger charge is -1.99. The summed E-state index contributed by atoms with van der Waals surface area (Å²) in [4.78, 5) is 14.8. The van der Waals surface area contributed by atoms with Crippen LogP contribution >= 0.6 is 22.9 Å². The van der Waals surface area contributed by atoms with Gasteiger partial charge in [-0.15, -0.1) is 11.3 Å². The minimum atomic E-state index is -1.22. The first-order valence-electron chi connectivity index (χ1n) is 4.24. The highest BCUT2D eigenvalue weighted by atomic mass is 35.5. The van der Waals surface area contributed by atoms with E-state index in [2.05, 4.69) is 4.98 Å². The summed E-state index contributed by atoms with van der Waals surface area (Å²) in [6.07, 6.45) is 0. The molecular weight excluding hydrogens is 253 g/mol. The summed E-state index contributed by atoms with van der Waals surface area (Å²) in [7, 11) is 0. The van der Waals surface area contributed by atoms with Crippen LogP contribution < -0.4 is 0 Å². The molecule has 16 heavy (non-hydrogen) atoms. The van der Waals surface area contributed by atoms with E-state index in [1.54, 1.807) is 6.07 Å². The number of hydrogen-bond acceptors (Lipinski definition) is 3. The molecule has 0 aliphatic carbocycles. The number of aromatic carboxylic acids is 1. The molecule has 0 fully saturated rings. The van der Waals surface area contributed by atoms with Gasteiger partial charge >= 0.3 is 5.97 Å². The highest BCUT2D eigenvalue weighted by Crippen LogP contribution is 2.34. The quantitative estimate of drug-likeness (QED) is 0.898. The Bertz CT molecular complexity index is 556. The summed E-state index contributed by atoms with van der Waals surface area (Å²) in [5.41, 5.74) is -0.0237. The molecule has 1 N–H and O–H groups in total. The van der Waals surface area contributed by atoms with Crippen molar-refractivity contribution < 1.29 is 14.3 Å². The number of aromatic nitrogens is 1. The number of carbonyl (C=O) groups is 1. The van der Waals surface area contributed by atoms with Crippen molar-refractivity contribution in [2.45, 2.75) is 0 Å². The molecule has 0 amide bonds. The third-order valence-electron chi connectivity index (χ3n) is 1.92. The Kier molecular flexibility index (Phi) is 2.89. The van der Waals surface area contributed by atoms with E-state index in [0.717, 1.165) is 11.3 Å². The van der Waals surface area contributed by atoms with Crippen molar-refractivity contribution in [1.82, 2.24) is 4.98 Å². The van der Waals surface area contributed by atoms with Crippen LogP contribution in [0.15, 0.2) is 24.3 Å². The molecule has 0 saturated heterocycles. The second kappa shape index (κ2) is 4.19. The number of halogens is 2. The number of hydrogen-bond donors (Lipinski definition) is 1. The van der Waals surface area contributed by atoms with Crippen LogP contribution in [0.1, 0.15) is 10.5 Å². The highest BCUT2D eigenvalue weighted by Gasteiger charge is 2.20. The zero-order valence-electron chi connectivity index (χ0n) is 7.78. The van der Waals surface area contributed by atoms with Crippen LogP contribution in [0, 0.1) is 5.82 Å². The largest absolute Gasteiger partial charge is 0.476 e. The van der Waals surface area contributed by atoms with E-state index in [1.165, 1.54) is 18.2 Å². The predicted octanol–water partition coefficient (Wildman–Crippen LogP) is 3.30. The first-order chi connectivity index (χ1) is 7.59. The van der Waals surface area contributed by atoms with Crippen LogP contribution in [0.25, 0.3) is 10.4 Å². The lowest BCUT2D eigenvalue weighted by molar-refractivity contribution is 0.0692. The summed E-state index contributed by atoms with van der Waals surface area (Å²) in [6, 6.07) is 5.90. The molecule has 0 bridgehead atoms. The smallest absolute Gasteiger partial charge is 0.356 e. The topological polar surface area (TPSA) is 50.2 Å². The van der Waals surface area contributed by atoms with E-state index in [0.29, 0.717) is 0 Å². The van der Waals surface area contributed by atoms with Crippen molar-refractivity contribution in [3.63, 3.8) is 0 Å². The maximum atomic E-state index is 13.5. The van der Waals surface area contributed by atoms with Crippen molar-refractivity contribution in [3.05, 3.63) is 40.2 Å². The molecule has 0 radical (unpaired) electrons. The molecule has 0 atom stereocenters. The predicted molar refractivity (Wildman–Crippen MR) is 59.5 cm³/mol. The Hall–Kier alpha value is -1.46. The second-order valence-electron chi connectivity index (χ2n) is 2.93. The zero-order valence-corrected chi connectivity index (χ0v) is 9.35.